The van der Waals surface area contributed by atoms with Crippen molar-refractivity contribution in [3.63, 3.8) is 0 Å². The maximum absolute atomic E-state index is 5.67. The van der Waals surface area contributed by atoms with E-state index in [1.165, 1.54) is 0 Å². The predicted molar refractivity (Wildman–Crippen MR) is 71.5 cm³/mol. The highest BCUT2D eigenvalue weighted by molar-refractivity contribution is 5.36. The minimum Gasteiger partial charge on any atom is -0.460 e. The minimum atomic E-state index is 0.0491. The maximum atomic E-state index is 5.67. The second kappa shape index (κ2) is 6.34. The molecule has 0 bridgehead atoms. The van der Waals surface area contributed by atoms with Crippen LogP contribution in [0.5, 0.6) is 6.01 Å². The number of nitrogen functional groups attached to an aromatic ring is 1. The van der Waals surface area contributed by atoms with Gasteiger partial charge in [-0.05, 0) is 19.3 Å². The highest BCUT2D eigenvalue weighted by Gasteiger charge is 2.12. The number of nitrogens with zero attached hydrogens (tertiary/aromatic N) is 4. The Kier molecular flexibility index (Phi) is 5.08. The van der Waals surface area contributed by atoms with Crippen LogP contribution >= 0.6 is 0 Å². The van der Waals surface area contributed by atoms with Crippen LogP contribution in [0.4, 0.5) is 11.9 Å². The number of nitrogens with one attached hydrogen (secondary N) is 1. The van der Waals surface area contributed by atoms with Crippen LogP contribution in [-0.4, -0.2) is 35.2 Å². The Morgan fingerprint density at radius 2 is 1.89 bits per heavy atom. The molecule has 7 nitrogen and oxygen atoms in total. The van der Waals surface area contributed by atoms with Crippen LogP contribution in [0.3, 0.4) is 0 Å². The van der Waals surface area contributed by atoms with Gasteiger partial charge in [0.2, 0.25) is 11.9 Å². The number of hydrogen-bond donors (Lipinski definition) is 2. The zero-order chi connectivity index (χ0) is 13.7. The number of ether oxygens (including phenoxy) is 1. The molecule has 1 atom stereocenters. The Morgan fingerprint density at radius 3 is 2.39 bits per heavy atom. The molecule has 0 spiro atoms. The van der Waals surface area contributed by atoms with Crippen LogP contribution in [0.1, 0.15) is 27.2 Å². The SMILES string of the molecule is CC(C)CC(C)Oc1nc(NN)nc(N(C)C)n1. The van der Waals surface area contributed by atoms with Gasteiger partial charge in [-0.25, -0.2) is 5.84 Å². The molecule has 0 aliphatic carbocycles. The van der Waals surface area contributed by atoms with Gasteiger partial charge >= 0.3 is 6.01 Å². The molecule has 1 unspecified atom stereocenters. The Balaban J connectivity index is 2.84. The lowest BCUT2D eigenvalue weighted by Crippen LogP contribution is -2.21. The van der Waals surface area contributed by atoms with Crippen molar-refractivity contribution < 1.29 is 4.74 Å². The van der Waals surface area contributed by atoms with E-state index >= 15 is 0 Å². The van der Waals surface area contributed by atoms with Gasteiger partial charge in [0.1, 0.15) is 0 Å². The summed E-state index contributed by atoms with van der Waals surface area (Å²) >= 11 is 0. The van der Waals surface area contributed by atoms with Gasteiger partial charge in [0.05, 0.1) is 6.10 Å². The molecular weight excluding hydrogens is 232 g/mol. The molecule has 0 saturated heterocycles. The quantitative estimate of drug-likeness (QED) is 0.579. The molecule has 1 aromatic heterocycles. The first-order chi connectivity index (χ1) is 8.42. The van der Waals surface area contributed by atoms with Crippen LogP contribution in [0, 0.1) is 5.92 Å². The third kappa shape index (κ3) is 4.33. The van der Waals surface area contributed by atoms with Gasteiger partial charge in [0, 0.05) is 14.1 Å². The zero-order valence-corrected chi connectivity index (χ0v) is 11.6. The molecule has 0 aliphatic heterocycles. The fraction of sp³-hybridized carbons (Fsp3) is 0.727. The average Bonchev–Trinajstić information content (AvgIpc) is 2.27. The van der Waals surface area contributed by atoms with Crippen LogP contribution in [0.15, 0.2) is 0 Å². The molecule has 0 aromatic carbocycles. The first-order valence-electron chi connectivity index (χ1n) is 5.99. The topological polar surface area (TPSA) is 89.2 Å². The van der Waals surface area contributed by atoms with E-state index in [0.29, 0.717) is 17.8 Å². The van der Waals surface area contributed by atoms with Crippen molar-refractivity contribution in [3.8, 4) is 6.01 Å². The summed E-state index contributed by atoms with van der Waals surface area (Å²) in [5.74, 6) is 6.68. The van der Waals surface area contributed by atoms with Crippen molar-refractivity contribution in [2.75, 3.05) is 24.4 Å². The summed E-state index contributed by atoms with van der Waals surface area (Å²) in [6, 6.07) is 0.287. The van der Waals surface area contributed by atoms with Crippen molar-refractivity contribution in [1.29, 1.82) is 0 Å². The lowest BCUT2D eigenvalue weighted by molar-refractivity contribution is 0.177. The molecular formula is C11H22N6O. The maximum Gasteiger partial charge on any atom is 0.323 e. The van der Waals surface area contributed by atoms with E-state index in [1.54, 1.807) is 4.90 Å². The third-order valence-corrected chi connectivity index (χ3v) is 2.24. The molecule has 1 rings (SSSR count). The molecule has 1 heterocycles. The molecule has 3 N–H and O–H groups in total. The standard InChI is InChI=1S/C11H22N6O/c1-7(2)6-8(3)18-11-14-9(16-12)13-10(15-11)17(4)5/h7-8H,6,12H2,1-5H3,(H,13,14,15,16). The molecule has 0 saturated carbocycles. The Bertz CT molecular complexity index is 382. The van der Waals surface area contributed by atoms with Crippen molar-refractivity contribution in [1.82, 2.24) is 15.0 Å². The number of hydrogen-bond acceptors (Lipinski definition) is 7. The monoisotopic (exact) mass is 254 g/mol. The first kappa shape index (κ1) is 14.4. The van der Waals surface area contributed by atoms with Crippen molar-refractivity contribution in [2.45, 2.75) is 33.3 Å². The Hall–Kier alpha value is -1.63. The van der Waals surface area contributed by atoms with Crippen molar-refractivity contribution in [3.05, 3.63) is 0 Å². The van der Waals surface area contributed by atoms with E-state index < -0.39 is 0 Å². The lowest BCUT2D eigenvalue weighted by Gasteiger charge is -2.17. The van der Waals surface area contributed by atoms with E-state index in [4.69, 9.17) is 10.6 Å². The summed E-state index contributed by atoms with van der Waals surface area (Å²) in [5.41, 5.74) is 2.41. The molecule has 18 heavy (non-hydrogen) atoms. The van der Waals surface area contributed by atoms with Crippen LogP contribution in [-0.2, 0) is 0 Å². The van der Waals surface area contributed by atoms with E-state index in [-0.39, 0.29) is 12.1 Å². The number of hydrazine groups is 1. The van der Waals surface area contributed by atoms with E-state index in [1.807, 2.05) is 21.0 Å². The lowest BCUT2D eigenvalue weighted by atomic mass is 10.1. The van der Waals surface area contributed by atoms with Gasteiger partial charge in [0.25, 0.3) is 0 Å². The highest BCUT2D eigenvalue weighted by Crippen LogP contribution is 2.15. The smallest absolute Gasteiger partial charge is 0.323 e. The number of rotatable bonds is 6. The van der Waals surface area contributed by atoms with Crippen LogP contribution in [0.25, 0.3) is 0 Å². The Labute approximate surface area is 108 Å². The summed E-state index contributed by atoms with van der Waals surface area (Å²) < 4.78 is 5.67. The second-order valence-corrected chi connectivity index (χ2v) is 4.84. The molecule has 1 aromatic rings. The molecule has 7 heteroatoms. The van der Waals surface area contributed by atoms with E-state index in [2.05, 4.69) is 34.2 Å². The van der Waals surface area contributed by atoms with Gasteiger partial charge < -0.3 is 9.64 Å². The molecule has 0 radical (unpaired) electrons. The summed E-state index contributed by atoms with van der Waals surface area (Å²) in [4.78, 5) is 14.2. The number of aromatic nitrogens is 3. The number of nitrogens with two attached hydrogens (primary N) is 1. The number of anilines is 2. The molecule has 0 fully saturated rings. The summed E-state index contributed by atoms with van der Waals surface area (Å²) in [7, 11) is 3.69. The zero-order valence-electron chi connectivity index (χ0n) is 11.6. The highest BCUT2D eigenvalue weighted by atomic mass is 16.5. The van der Waals surface area contributed by atoms with Crippen LogP contribution in [0.2, 0.25) is 0 Å². The largest absolute Gasteiger partial charge is 0.460 e. The predicted octanol–water partition coefficient (Wildman–Crippen LogP) is 1.04. The van der Waals surface area contributed by atoms with Crippen LogP contribution < -0.4 is 20.9 Å². The normalized spacial score (nSPS) is 12.4. The second-order valence-electron chi connectivity index (χ2n) is 4.84. The van der Waals surface area contributed by atoms with Gasteiger partial charge in [0.15, 0.2) is 0 Å². The van der Waals surface area contributed by atoms with Gasteiger partial charge in [-0.2, -0.15) is 15.0 Å². The van der Waals surface area contributed by atoms with Crippen molar-refractivity contribution in [2.24, 2.45) is 11.8 Å². The molecule has 0 aliphatic rings. The van der Waals surface area contributed by atoms with E-state index in [0.717, 1.165) is 6.42 Å². The molecule has 0 amide bonds. The minimum absolute atomic E-state index is 0.0491. The summed E-state index contributed by atoms with van der Waals surface area (Å²) in [5, 5.41) is 0. The summed E-state index contributed by atoms with van der Waals surface area (Å²) in [6.07, 6.45) is 0.988. The Morgan fingerprint density at radius 1 is 1.22 bits per heavy atom. The fourth-order valence-electron chi connectivity index (χ4n) is 1.56. The fourth-order valence-corrected chi connectivity index (χ4v) is 1.56. The molecule has 102 valence electrons. The third-order valence-electron chi connectivity index (χ3n) is 2.24. The van der Waals surface area contributed by atoms with Gasteiger partial charge in [-0.1, -0.05) is 13.8 Å². The average molecular weight is 254 g/mol. The summed E-state index contributed by atoms with van der Waals surface area (Å²) in [6.45, 7) is 6.28. The van der Waals surface area contributed by atoms with Gasteiger partial charge in [-0.15, -0.1) is 0 Å². The van der Waals surface area contributed by atoms with Gasteiger partial charge in [-0.3, -0.25) is 5.43 Å². The van der Waals surface area contributed by atoms with E-state index in [9.17, 15) is 0 Å². The van der Waals surface area contributed by atoms with Crippen molar-refractivity contribution >= 4 is 11.9 Å². The first-order valence-corrected chi connectivity index (χ1v) is 5.99.